The van der Waals surface area contributed by atoms with E-state index in [-0.39, 0.29) is 29.3 Å². The van der Waals surface area contributed by atoms with Crippen molar-refractivity contribution in [2.24, 2.45) is 11.8 Å². The molecule has 9 nitrogen and oxygen atoms in total. The van der Waals surface area contributed by atoms with Crippen LogP contribution in [0.5, 0.6) is 5.88 Å². The molecule has 256 valence electrons. The van der Waals surface area contributed by atoms with E-state index in [0.717, 1.165) is 23.6 Å². The molecule has 6 atom stereocenters. The number of nitrogens with one attached hydrogen (secondary N) is 1. The maximum absolute atomic E-state index is 12.7. The van der Waals surface area contributed by atoms with Gasteiger partial charge in [0.2, 0.25) is 14.2 Å². The first-order valence-electron chi connectivity index (χ1n) is 14.5. The van der Waals surface area contributed by atoms with Gasteiger partial charge in [-0.1, -0.05) is 39.3 Å². The fraction of sp³-hybridized carbons (Fsp3) is 0.714. The summed E-state index contributed by atoms with van der Waals surface area (Å²) in [5, 5.41) is 0. The van der Waals surface area contributed by atoms with Gasteiger partial charge in [0.25, 0.3) is 5.56 Å². The summed E-state index contributed by atoms with van der Waals surface area (Å²) in [6, 6.07) is 0. The summed E-state index contributed by atoms with van der Waals surface area (Å²) < 4.78 is 93.0. The topological polar surface area (TPSA) is 108 Å². The third-order valence-electron chi connectivity index (χ3n) is 7.02. The summed E-state index contributed by atoms with van der Waals surface area (Å²) in [4.78, 5) is 31.8. The predicted molar refractivity (Wildman–Crippen MR) is 159 cm³/mol. The fourth-order valence-corrected chi connectivity index (χ4v) is 5.92. The van der Waals surface area contributed by atoms with Crippen molar-refractivity contribution in [1.82, 2.24) is 19.5 Å². The molecule has 17 heteroatoms. The maximum atomic E-state index is 12.7. The molecule has 2 aliphatic heterocycles. The van der Waals surface area contributed by atoms with Crippen LogP contribution >= 0.6 is 11.6 Å². The zero-order valence-corrected chi connectivity index (χ0v) is 28.2. The Morgan fingerprint density at radius 3 is 1.93 bits per heavy atom. The van der Waals surface area contributed by atoms with Crippen molar-refractivity contribution in [1.29, 1.82) is 0 Å². The maximum Gasteiger partial charge on any atom is 0.423 e. The Bertz CT molecular complexity index is 1380. The molecule has 2 saturated heterocycles. The standard InChI is InChI=1S/C12H15F3N2O3.C9H13F3N2OSi.C7H13ClO/c1-3-8-6(2)4-9(20-8)17-5-7(12(13,14)15)10(18)16-11(17)19;1-6-13-5-7(9(10,11)12)8(14-6)15-16(2,3)4;1-3-6-5(2)4-7(8)9-6/h5-6,8-9H,3-4H2,1-2H3,(H,16,18,19);5H,1-4H3;5-7H,3-4H2,1-2H3/t6-,8-,9-;;5-,6-,7?/m1.1/s1. The molecule has 0 saturated carbocycles. The molecule has 45 heavy (non-hydrogen) atoms. The number of hydrogen-bond acceptors (Lipinski definition) is 7. The average molecular weight is 691 g/mol. The van der Waals surface area contributed by atoms with Gasteiger partial charge in [0.1, 0.15) is 28.7 Å². The van der Waals surface area contributed by atoms with E-state index in [0.29, 0.717) is 31.1 Å². The molecule has 0 aliphatic carbocycles. The minimum absolute atomic E-state index is 0.0232. The fourth-order valence-electron chi connectivity index (χ4n) is 4.77. The Morgan fingerprint density at radius 1 is 0.978 bits per heavy atom. The normalized spacial score (nSPS) is 25.2. The largest absolute Gasteiger partial charge is 0.531 e. The lowest BCUT2D eigenvalue weighted by molar-refractivity contribution is -0.140. The number of ether oxygens (including phenoxy) is 2. The van der Waals surface area contributed by atoms with Crippen LogP contribution in [0.2, 0.25) is 19.6 Å². The van der Waals surface area contributed by atoms with Crippen molar-refractivity contribution in [3.05, 3.63) is 50.2 Å². The molecule has 2 aromatic heterocycles. The van der Waals surface area contributed by atoms with Crippen molar-refractivity contribution in [2.45, 2.75) is 116 Å². The second-order valence-electron chi connectivity index (χ2n) is 12.0. The van der Waals surface area contributed by atoms with Crippen LogP contribution in [0.15, 0.2) is 22.0 Å². The van der Waals surface area contributed by atoms with Crippen LogP contribution in [-0.4, -0.2) is 45.6 Å². The molecule has 4 heterocycles. The van der Waals surface area contributed by atoms with Crippen molar-refractivity contribution in [3.8, 4) is 5.88 Å². The zero-order valence-electron chi connectivity index (χ0n) is 26.5. The number of aryl methyl sites for hydroxylation is 1. The third-order valence-corrected chi connectivity index (χ3v) is 8.11. The van der Waals surface area contributed by atoms with Crippen molar-refractivity contribution in [3.63, 3.8) is 0 Å². The van der Waals surface area contributed by atoms with Gasteiger partial charge in [-0.05, 0) is 64.1 Å². The Kier molecular flexibility index (Phi) is 13.3. The SMILES string of the molecule is CC[C@H]1OC(Cl)C[C@H]1C.CC[C@H]1O[C@@H](n2cc(C(F)(F)F)c(=O)[nH]c2=O)C[C@H]1C.Cc1ncc(C(F)(F)F)c(O[Si](C)(C)C)n1. The van der Waals surface area contributed by atoms with Gasteiger partial charge in [0.05, 0.1) is 12.2 Å². The number of H-pyrrole nitrogens is 1. The van der Waals surface area contributed by atoms with Gasteiger partial charge in [0, 0.05) is 12.4 Å². The van der Waals surface area contributed by atoms with E-state index in [1.165, 1.54) is 6.92 Å². The summed E-state index contributed by atoms with van der Waals surface area (Å²) in [5.41, 5.74) is -4.66. The van der Waals surface area contributed by atoms with Gasteiger partial charge in [-0.15, -0.1) is 0 Å². The van der Waals surface area contributed by atoms with Gasteiger partial charge < -0.3 is 13.9 Å². The first kappa shape index (κ1) is 38.7. The van der Waals surface area contributed by atoms with Gasteiger partial charge in [0.15, 0.2) is 0 Å². The second kappa shape index (κ2) is 15.4. The van der Waals surface area contributed by atoms with Crippen LogP contribution in [0.25, 0.3) is 0 Å². The highest BCUT2D eigenvalue weighted by Crippen LogP contribution is 2.36. The van der Waals surface area contributed by atoms with Crippen molar-refractivity contribution >= 4 is 19.9 Å². The predicted octanol–water partition coefficient (Wildman–Crippen LogP) is 7.29. The molecule has 2 aliphatic rings. The monoisotopic (exact) mass is 690 g/mol. The molecule has 1 N–H and O–H groups in total. The molecule has 0 aromatic carbocycles. The van der Waals surface area contributed by atoms with Crippen LogP contribution in [0.4, 0.5) is 26.3 Å². The Balaban J connectivity index is 0.000000252. The molecule has 2 aromatic rings. The first-order chi connectivity index (χ1) is 20.6. The van der Waals surface area contributed by atoms with Crippen molar-refractivity contribution < 1.29 is 40.2 Å². The quantitative estimate of drug-likeness (QED) is 0.199. The molecule has 0 bridgehead atoms. The lowest BCUT2D eigenvalue weighted by atomic mass is 10.0. The lowest BCUT2D eigenvalue weighted by Crippen LogP contribution is -2.36. The van der Waals surface area contributed by atoms with Crippen LogP contribution in [0, 0.1) is 18.8 Å². The average Bonchev–Trinajstić information content (AvgIpc) is 3.42. The minimum Gasteiger partial charge on any atom is -0.531 e. The van der Waals surface area contributed by atoms with Crippen LogP contribution in [0.3, 0.4) is 0 Å². The van der Waals surface area contributed by atoms with E-state index in [1.807, 2.05) is 13.8 Å². The van der Waals surface area contributed by atoms with Gasteiger partial charge >= 0.3 is 18.0 Å². The molecule has 0 radical (unpaired) electrons. The number of nitrogens with zero attached hydrogens (tertiary/aromatic N) is 3. The van der Waals surface area contributed by atoms with Crippen LogP contribution < -0.4 is 15.7 Å². The minimum atomic E-state index is -4.81. The summed E-state index contributed by atoms with van der Waals surface area (Å²) in [7, 11) is -2.12. The smallest absolute Gasteiger partial charge is 0.423 e. The Morgan fingerprint density at radius 2 is 1.51 bits per heavy atom. The second-order valence-corrected chi connectivity index (χ2v) is 16.9. The number of hydrogen-bond donors (Lipinski definition) is 1. The van der Waals surface area contributed by atoms with Crippen LogP contribution in [-0.2, 0) is 21.8 Å². The van der Waals surface area contributed by atoms with E-state index in [2.05, 4.69) is 23.8 Å². The Labute approximate surface area is 263 Å². The number of rotatable bonds is 5. The summed E-state index contributed by atoms with van der Waals surface area (Å²) in [5.74, 6) is 0.691. The Hall–Kier alpha value is -2.43. The van der Waals surface area contributed by atoms with E-state index in [9.17, 15) is 35.9 Å². The van der Waals surface area contributed by atoms with Gasteiger partial charge in [-0.2, -0.15) is 31.3 Å². The summed E-state index contributed by atoms with van der Waals surface area (Å²) >= 11 is 5.76. The highest BCUT2D eigenvalue weighted by molar-refractivity contribution is 6.70. The summed E-state index contributed by atoms with van der Waals surface area (Å²) in [6.45, 7) is 15.1. The molecule has 1 unspecified atom stereocenters. The third kappa shape index (κ3) is 11.4. The zero-order chi connectivity index (χ0) is 34.5. The van der Waals surface area contributed by atoms with Gasteiger partial charge in [-0.3, -0.25) is 14.3 Å². The van der Waals surface area contributed by atoms with E-state index in [1.54, 1.807) is 24.6 Å². The molecule has 2 fully saturated rings. The molecular formula is C28H41ClF6N4O5Si. The van der Waals surface area contributed by atoms with E-state index in [4.69, 9.17) is 25.5 Å². The number of aromatic amines is 1. The number of aromatic nitrogens is 4. The van der Waals surface area contributed by atoms with Crippen molar-refractivity contribution in [2.75, 3.05) is 0 Å². The van der Waals surface area contributed by atoms with Gasteiger partial charge in [-0.25, -0.2) is 9.78 Å². The van der Waals surface area contributed by atoms with E-state index >= 15 is 0 Å². The van der Waals surface area contributed by atoms with E-state index < -0.39 is 49.3 Å². The summed E-state index contributed by atoms with van der Waals surface area (Å²) in [6.07, 6.45) is -5.22. The first-order valence-corrected chi connectivity index (χ1v) is 18.4. The molecular weight excluding hydrogens is 650 g/mol. The number of alkyl halides is 7. The molecule has 0 amide bonds. The number of halogens is 7. The highest BCUT2D eigenvalue weighted by atomic mass is 35.5. The molecule has 0 spiro atoms. The highest BCUT2D eigenvalue weighted by Gasteiger charge is 2.39. The lowest BCUT2D eigenvalue weighted by Gasteiger charge is -2.21. The van der Waals surface area contributed by atoms with Crippen LogP contribution in [0.1, 0.15) is 76.6 Å². The molecule has 4 rings (SSSR count).